The number of nitrogens with one attached hydrogen (secondary N) is 1. The molecule has 6 nitrogen and oxygen atoms in total. The van der Waals surface area contributed by atoms with E-state index in [0.29, 0.717) is 25.2 Å². The van der Waals surface area contributed by atoms with Gasteiger partial charge >= 0.3 is 0 Å². The number of carbonyl (C=O) groups is 1. The molecule has 1 heterocycles. The molecule has 0 radical (unpaired) electrons. The highest BCUT2D eigenvalue weighted by Gasteiger charge is 2.32. The Bertz CT molecular complexity index is 1040. The van der Waals surface area contributed by atoms with Crippen molar-refractivity contribution in [3.8, 4) is 5.75 Å². The van der Waals surface area contributed by atoms with Gasteiger partial charge in [-0.1, -0.05) is 39.7 Å². The number of ether oxygens (including phenoxy) is 1. The standard InChI is InChI=1S/C22H26BrClN2O4S/c1-3-30-21-8-7-19(14-20(21)24)31(28,29)26-11-9-16(10-12-26)22(27)25-15(2)17-5-4-6-18(23)13-17/h4-8,13-16H,3,9-12H2,1-2H3,(H,25,27)/t15-/m1/s1. The minimum Gasteiger partial charge on any atom is -0.492 e. The summed E-state index contributed by atoms with van der Waals surface area (Å²) in [5.41, 5.74) is 1.01. The van der Waals surface area contributed by atoms with Gasteiger partial charge in [0, 0.05) is 23.5 Å². The molecule has 1 fully saturated rings. The largest absolute Gasteiger partial charge is 0.492 e. The van der Waals surface area contributed by atoms with Crippen molar-refractivity contribution in [2.24, 2.45) is 5.92 Å². The minimum absolute atomic E-state index is 0.0476. The topological polar surface area (TPSA) is 75.7 Å². The number of sulfonamides is 1. The van der Waals surface area contributed by atoms with Gasteiger partial charge in [-0.05, 0) is 62.6 Å². The first-order valence-electron chi connectivity index (χ1n) is 10.2. The zero-order valence-corrected chi connectivity index (χ0v) is 20.6. The Kier molecular flexibility index (Phi) is 8.02. The number of nitrogens with zero attached hydrogens (tertiary/aromatic N) is 1. The monoisotopic (exact) mass is 528 g/mol. The van der Waals surface area contributed by atoms with E-state index in [4.69, 9.17) is 16.3 Å². The Morgan fingerprint density at radius 1 is 1.26 bits per heavy atom. The van der Waals surface area contributed by atoms with Crippen molar-refractivity contribution in [3.63, 3.8) is 0 Å². The second-order valence-electron chi connectivity index (χ2n) is 7.49. The molecule has 2 aromatic carbocycles. The maximum absolute atomic E-state index is 13.0. The third kappa shape index (κ3) is 5.80. The SMILES string of the molecule is CCOc1ccc(S(=O)(=O)N2CCC(C(=O)N[C@H](C)c3cccc(Br)c3)CC2)cc1Cl. The van der Waals surface area contributed by atoms with Gasteiger partial charge < -0.3 is 10.1 Å². The summed E-state index contributed by atoms with van der Waals surface area (Å²) < 4.78 is 33.8. The van der Waals surface area contributed by atoms with Crippen molar-refractivity contribution in [3.05, 3.63) is 57.5 Å². The quantitative estimate of drug-likeness (QED) is 0.560. The van der Waals surface area contributed by atoms with Crippen LogP contribution in [0.1, 0.15) is 38.3 Å². The molecule has 1 N–H and O–H groups in total. The maximum Gasteiger partial charge on any atom is 0.243 e. The van der Waals surface area contributed by atoms with Crippen LogP contribution in [0, 0.1) is 5.92 Å². The van der Waals surface area contributed by atoms with Crippen molar-refractivity contribution in [1.82, 2.24) is 9.62 Å². The average Bonchev–Trinajstić information content (AvgIpc) is 2.75. The van der Waals surface area contributed by atoms with Crippen LogP contribution in [0.15, 0.2) is 51.8 Å². The summed E-state index contributed by atoms with van der Waals surface area (Å²) in [6.45, 7) is 4.80. The number of benzene rings is 2. The molecular weight excluding hydrogens is 504 g/mol. The van der Waals surface area contributed by atoms with E-state index in [1.807, 2.05) is 38.1 Å². The molecule has 1 saturated heterocycles. The molecular formula is C22H26BrClN2O4S. The zero-order valence-electron chi connectivity index (χ0n) is 17.5. The van der Waals surface area contributed by atoms with Gasteiger partial charge in [-0.15, -0.1) is 0 Å². The normalized spacial score (nSPS) is 16.6. The highest BCUT2D eigenvalue weighted by atomic mass is 79.9. The van der Waals surface area contributed by atoms with Crippen LogP contribution < -0.4 is 10.1 Å². The minimum atomic E-state index is -3.68. The Morgan fingerprint density at radius 3 is 2.58 bits per heavy atom. The lowest BCUT2D eigenvalue weighted by Crippen LogP contribution is -2.43. The predicted octanol–water partition coefficient (Wildman–Crippen LogP) is 4.78. The number of amides is 1. The second-order valence-corrected chi connectivity index (χ2v) is 10.7. The lowest BCUT2D eigenvalue weighted by atomic mass is 9.96. The predicted molar refractivity (Wildman–Crippen MR) is 125 cm³/mol. The molecule has 0 saturated carbocycles. The zero-order chi connectivity index (χ0) is 22.6. The first-order valence-corrected chi connectivity index (χ1v) is 12.8. The smallest absolute Gasteiger partial charge is 0.243 e. The lowest BCUT2D eigenvalue weighted by molar-refractivity contribution is -0.126. The van der Waals surface area contributed by atoms with Gasteiger partial charge in [0.15, 0.2) is 0 Å². The van der Waals surface area contributed by atoms with Gasteiger partial charge in [-0.3, -0.25) is 4.79 Å². The Labute approximate surface area is 197 Å². The molecule has 1 aliphatic rings. The molecule has 9 heteroatoms. The number of hydrogen-bond acceptors (Lipinski definition) is 4. The Balaban J connectivity index is 1.60. The summed E-state index contributed by atoms with van der Waals surface area (Å²) in [5, 5.41) is 3.31. The van der Waals surface area contributed by atoms with E-state index in [0.717, 1.165) is 10.0 Å². The number of hydrogen-bond donors (Lipinski definition) is 1. The summed E-state index contributed by atoms with van der Waals surface area (Å²) in [4.78, 5) is 12.8. The van der Waals surface area contributed by atoms with Gasteiger partial charge in [0.2, 0.25) is 15.9 Å². The Morgan fingerprint density at radius 2 is 1.97 bits per heavy atom. The fourth-order valence-corrected chi connectivity index (χ4v) is 5.83. The third-order valence-corrected chi connectivity index (χ3v) is 8.06. The van der Waals surface area contributed by atoms with Crippen molar-refractivity contribution in [2.75, 3.05) is 19.7 Å². The first kappa shape index (κ1) is 24.0. The molecule has 0 unspecified atom stereocenters. The number of carbonyl (C=O) groups excluding carboxylic acids is 1. The molecule has 168 valence electrons. The summed E-state index contributed by atoms with van der Waals surface area (Å²) >= 11 is 9.61. The van der Waals surface area contributed by atoms with Gasteiger partial charge in [0.25, 0.3) is 0 Å². The molecule has 0 spiro atoms. The molecule has 0 aromatic heterocycles. The van der Waals surface area contributed by atoms with Crippen LogP contribution in [0.5, 0.6) is 5.75 Å². The van der Waals surface area contributed by atoms with Gasteiger partial charge in [0.1, 0.15) is 5.75 Å². The van der Waals surface area contributed by atoms with Crippen molar-refractivity contribution in [2.45, 2.75) is 37.6 Å². The van der Waals surface area contributed by atoms with Crippen LogP contribution in [0.25, 0.3) is 0 Å². The highest BCUT2D eigenvalue weighted by molar-refractivity contribution is 9.10. The molecule has 0 bridgehead atoms. The molecule has 3 rings (SSSR count). The van der Waals surface area contributed by atoms with E-state index in [-0.39, 0.29) is 40.9 Å². The molecule has 31 heavy (non-hydrogen) atoms. The fraction of sp³-hybridized carbons (Fsp3) is 0.409. The van der Waals surface area contributed by atoms with Gasteiger partial charge in [-0.25, -0.2) is 8.42 Å². The number of halogens is 2. The molecule has 1 amide bonds. The van der Waals surface area contributed by atoms with Crippen molar-refractivity contribution < 1.29 is 17.9 Å². The van der Waals surface area contributed by atoms with Gasteiger partial charge in [-0.2, -0.15) is 4.31 Å². The van der Waals surface area contributed by atoms with Crippen LogP contribution in [0.3, 0.4) is 0 Å². The molecule has 0 aliphatic carbocycles. The third-order valence-electron chi connectivity index (χ3n) is 5.37. The van der Waals surface area contributed by atoms with Crippen molar-refractivity contribution in [1.29, 1.82) is 0 Å². The molecule has 1 atom stereocenters. The lowest BCUT2D eigenvalue weighted by Gasteiger charge is -2.31. The molecule has 1 aliphatic heterocycles. The van der Waals surface area contributed by atoms with E-state index in [1.165, 1.54) is 16.4 Å². The van der Waals surface area contributed by atoms with E-state index in [1.54, 1.807) is 6.07 Å². The first-order chi connectivity index (χ1) is 14.7. The summed E-state index contributed by atoms with van der Waals surface area (Å²) in [5.74, 6) is 0.191. The molecule has 2 aromatic rings. The maximum atomic E-state index is 13.0. The van der Waals surface area contributed by atoms with E-state index < -0.39 is 10.0 Å². The van der Waals surface area contributed by atoms with Crippen LogP contribution in [-0.4, -0.2) is 38.3 Å². The van der Waals surface area contributed by atoms with E-state index in [9.17, 15) is 13.2 Å². The van der Waals surface area contributed by atoms with Crippen LogP contribution in [-0.2, 0) is 14.8 Å². The van der Waals surface area contributed by atoms with E-state index >= 15 is 0 Å². The van der Waals surface area contributed by atoms with Crippen LogP contribution in [0.4, 0.5) is 0 Å². The average molecular weight is 530 g/mol. The van der Waals surface area contributed by atoms with Crippen LogP contribution >= 0.6 is 27.5 Å². The highest BCUT2D eigenvalue weighted by Crippen LogP contribution is 2.30. The summed E-state index contributed by atoms with van der Waals surface area (Å²) in [6.07, 6.45) is 0.946. The second kappa shape index (κ2) is 10.3. The Hall–Kier alpha value is -1.61. The van der Waals surface area contributed by atoms with Crippen LogP contribution in [0.2, 0.25) is 5.02 Å². The van der Waals surface area contributed by atoms with E-state index in [2.05, 4.69) is 21.2 Å². The fourth-order valence-electron chi connectivity index (χ4n) is 3.61. The summed E-state index contributed by atoms with van der Waals surface area (Å²) in [6, 6.07) is 12.2. The van der Waals surface area contributed by atoms with Crippen molar-refractivity contribution >= 4 is 43.5 Å². The number of piperidine rings is 1. The number of rotatable bonds is 7. The van der Waals surface area contributed by atoms with Gasteiger partial charge in [0.05, 0.1) is 22.6 Å². The summed E-state index contributed by atoms with van der Waals surface area (Å²) in [7, 11) is -3.68.